The van der Waals surface area contributed by atoms with Crippen LogP contribution in [0.1, 0.15) is 101 Å². The van der Waals surface area contributed by atoms with E-state index in [1.807, 2.05) is 0 Å². The van der Waals surface area contributed by atoms with Crippen LogP contribution in [0.25, 0.3) is 0 Å². The van der Waals surface area contributed by atoms with E-state index in [1.54, 1.807) is 18.3 Å². The van der Waals surface area contributed by atoms with Crippen molar-refractivity contribution in [3.8, 4) is 5.75 Å². The topological polar surface area (TPSA) is 135 Å². The molecule has 44 heavy (non-hydrogen) atoms. The lowest BCUT2D eigenvalue weighted by molar-refractivity contribution is -0.175. The molecular weight excluding hydrogens is 558 g/mol. The zero-order valence-electron chi connectivity index (χ0n) is 26.4. The number of nitrogens with zero attached hydrogens (tertiary/aromatic N) is 3. The van der Waals surface area contributed by atoms with Crippen LogP contribution in [0.5, 0.6) is 5.75 Å². The van der Waals surface area contributed by atoms with Crippen molar-refractivity contribution in [1.29, 1.82) is 0 Å². The number of fused-ring (bicyclic) bond motifs is 5. The Morgan fingerprint density at radius 1 is 1.05 bits per heavy atom. The largest absolute Gasteiger partial charge is 0.508 e. The van der Waals surface area contributed by atoms with Crippen molar-refractivity contribution in [1.82, 2.24) is 15.0 Å². The highest BCUT2D eigenvalue weighted by atomic mass is 16.5. The number of carbonyl (C=O) groups is 2. The fraction of sp³-hybridized carbons (Fsp3) is 0.714. The van der Waals surface area contributed by atoms with Crippen LogP contribution in [0.4, 0.5) is 0 Å². The van der Waals surface area contributed by atoms with E-state index in [-0.39, 0.29) is 53.7 Å². The normalized spacial score (nSPS) is 37.0. The molecule has 0 saturated heterocycles. The molecular formula is C35H49N3O6. The predicted molar refractivity (Wildman–Crippen MR) is 163 cm³/mol. The van der Waals surface area contributed by atoms with Crippen LogP contribution < -0.4 is 0 Å². The summed E-state index contributed by atoms with van der Waals surface area (Å²) in [5, 5.41) is 39.6. The maximum Gasteiger partial charge on any atom is 0.306 e. The van der Waals surface area contributed by atoms with E-state index in [9.17, 15) is 24.9 Å². The minimum absolute atomic E-state index is 0.000783. The highest BCUT2D eigenvalue weighted by molar-refractivity contribution is 5.95. The van der Waals surface area contributed by atoms with Gasteiger partial charge in [-0.1, -0.05) is 26.0 Å². The lowest BCUT2D eigenvalue weighted by Crippen LogP contribution is -2.58. The number of phenols is 1. The van der Waals surface area contributed by atoms with E-state index in [2.05, 4.69) is 31.1 Å². The molecule has 4 aliphatic rings. The first-order chi connectivity index (χ1) is 21.0. The zero-order valence-corrected chi connectivity index (χ0v) is 26.4. The molecule has 2 aromatic rings. The van der Waals surface area contributed by atoms with Gasteiger partial charge in [-0.05, 0) is 128 Å². The summed E-state index contributed by atoms with van der Waals surface area (Å²) in [5.74, 6) is 2.61. The summed E-state index contributed by atoms with van der Waals surface area (Å²) in [6.45, 7) is 7.03. The van der Waals surface area contributed by atoms with Gasteiger partial charge >= 0.3 is 5.97 Å². The number of carbonyl (C=O) groups excluding carboxylic acids is 2. The number of rotatable bonds is 9. The van der Waals surface area contributed by atoms with Gasteiger partial charge in [0.15, 0.2) is 5.78 Å². The molecule has 4 fully saturated rings. The third-order valence-corrected chi connectivity index (χ3v) is 12.8. The Hall–Kier alpha value is -2.78. The Morgan fingerprint density at radius 2 is 1.82 bits per heavy atom. The van der Waals surface area contributed by atoms with E-state index in [4.69, 9.17) is 4.74 Å². The number of aliphatic hydroxyl groups excluding tert-OH is 2. The average molecular weight is 608 g/mol. The summed E-state index contributed by atoms with van der Waals surface area (Å²) >= 11 is 0. The van der Waals surface area contributed by atoms with Gasteiger partial charge in [0.1, 0.15) is 24.6 Å². The second-order valence-corrected chi connectivity index (χ2v) is 14.9. The molecule has 3 N–H and O–H groups in total. The molecule has 9 heteroatoms. The molecule has 0 aliphatic heterocycles. The smallest absolute Gasteiger partial charge is 0.306 e. The van der Waals surface area contributed by atoms with Gasteiger partial charge in [0, 0.05) is 12.0 Å². The first-order valence-electron chi connectivity index (χ1n) is 16.7. The number of aliphatic hydroxyl groups is 2. The Balaban J connectivity index is 1.000. The SMILES string of the molecule is C[C@H](CCC(=O)OCc1cn(CC(=O)c2ccc(O)cc2)nn1)[C@H]1CC[C@H]2[C@@H]3CC[C@@H]4C[C@H](O)CC[C@]4(C)[C@@H]3C[C@H](O)[C@]12C. The van der Waals surface area contributed by atoms with E-state index in [1.165, 1.54) is 29.7 Å². The molecule has 240 valence electrons. The van der Waals surface area contributed by atoms with Crippen molar-refractivity contribution in [3.63, 3.8) is 0 Å². The molecule has 4 aliphatic carbocycles. The van der Waals surface area contributed by atoms with Crippen LogP contribution in [-0.2, 0) is 22.7 Å². The maximum absolute atomic E-state index is 12.7. The van der Waals surface area contributed by atoms with Crippen LogP contribution in [0.2, 0.25) is 0 Å². The Bertz CT molecular complexity index is 1340. The number of benzene rings is 1. The number of Topliss-reactive ketones (excluding diaryl/α,β-unsaturated/α-hetero) is 1. The molecule has 0 amide bonds. The number of ether oxygens (including phenoxy) is 1. The van der Waals surface area contributed by atoms with Gasteiger partial charge in [-0.3, -0.25) is 9.59 Å². The van der Waals surface area contributed by atoms with Crippen molar-refractivity contribution in [3.05, 3.63) is 41.7 Å². The maximum atomic E-state index is 12.7. The third-order valence-electron chi connectivity index (χ3n) is 12.8. The Labute approximate surface area is 260 Å². The van der Waals surface area contributed by atoms with Gasteiger partial charge in [0.2, 0.25) is 0 Å². The summed E-state index contributed by atoms with van der Waals surface area (Å²) in [6, 6.07) is 6.05. The first kappa shape index (κ1) is 31.2. The minimum Gasteiger partial charge on any atom is -0.508 e. The van der Waals surface area contributed by atoms with Crippen LogP contribution in [0.3, 0.4) is 0 Å². The number of phenolic OH excluding ortho intramolecular Hbond substituents is 1. The predicted octanol–water partition coefficient (Wildman–Crippen LogP) is 5.32. The molecule has 10 atom stereocenters. The van der Waals surface area contributed by atoms with E-state index in [0.717, 1.165) is 44.9 Å². The van der Waals surface area contributed by atoms with Crippen molar-refractivity contribution >= 4 is 11.8 Å². The van der Waals surface area contributed by atoms with Gasteiger partial charge < -0.3 is 20.1 Å². The minimum atomic E-state index is -0.332. The van der Waals surface area contributed by atoms with E-state index < -0.39 is 0 Å². The van der Waals surface area contributed by atoms with Crippen LogP contribution in [0, 0.1) is 46.3 Å². The number of aromatic hydroxyl groups is 1. The monoisotopic (exact) mass is 607 g/mol. The molecule has 1 heterocycles. The number of ketones is 1. The molecule has 1 aromatic heterocycles. The van der Waals surface area contributed by atoms with Gasteiger partial charge in [0.05, 0.1) is 18.4 Å². The Kier molecular flexibility index (Phi) is 8.65. The summed E-state index contributed by atoms with van der Waals surface area (Å²) in [6.07, 6.45) is 10.6. The van der Waals surface area contributed by atoms with Crippen molar-refractivity contribution in [2.45, 2.75) is 110 Å². The summed E-state index contributed by atoms with van der Waals surface area (Å²) in [7, 11) is 0. The molecule has 6 rings (SSSR count). The van der Waals surface area contributed by atoms with Gasteiger partial charge in [-0.15, -0.1) is 5.10 Å². The van der Waals surface area contributed by atoms with E-state index >= 15 is 0 Å². The third kappa shape index (κ3) is 5.70. The number of hydrogen-bond donors (Lipinski definition) is 3. The van der Waals surface area contributed by atoms with Crippen LogP contribution in [0.15, 0.2) is 30.5 Å². The first-order valence-corrected chi connectivity index (χ1v) is 16.7. The van der Waals surface area contributed by atoms with Crippen LogP contribution >= 0.6 is 0 Å². The molecule has 0 bridgehead atoms. The highest BCUT2D eigenvalue weighted by Gasteiger charge is 2.63. The van der Waals surface area contributed by atoms with Gasteiger partial charge in [-0.25, -0.2) is 4.68 Å². The lowest BCUT2D eigenvalue weighted by Gasteiger charge is -2.62. The van der Waals surface area contributed by atoms with Crippen molar-refractivity contribution < 1.29 is 29.6 Å². The quantitative estimate of drug-likeness (QED) is 0.258. The Morgan fingerprint density at radius 3 is 2.59 bits per heavy atom. The highest BCUT2D eigenvalue weighted by Crippen LogP contribution is 2.68. The molecule has 0 spiro atoms. The van der Waals surface area contributed by atoms with Gasteiger partial charge in [0.25, 0.3) is 0 Å². The van der Waals surface area contributed by atoms with Gasteiger partial charge in [-0.2, -0.15) is 0 Å². The molecule has 0 radical (unpaired) electrons. The second-order valence-electron chi connectivity index (χ2n) is 14.9. The second kappa shape index (κ2) is 12.2. The fourth-order valence-electron chi connectivity index (χ4n) is 10.3. The number of hydrogen-bond acceptors (Lipinski definition) is 8. The van der Waals surface area contributed by atoms with Crippen molar-refractivity contribution in [2.24, 2.45) is 46.3 Å². The lowest BCUT2D eigenvalue weighted by atomic mass is 9.43. The molecule has 9 nitrogen and oxygen atoms in total. The number of aromatic nitrogens is 3. The summed E-state index contributed by atoms with van der Waals surface area (Å²) < 4.78 is 6.93. The standard InChI is InChI=1S/C35H49N3O6/c1-21(4-13-33(43)44-20-24-18-38(37-36-24)19-31(41)22-5-8-25(39)9-6-22)28-11-12-29-27-10-7-23-16-26(40)14-15-34(23,2)30(27)17-32(42)35(28,29)3/h5-6,8-9,18,21,23,26-30,32,39-40,42H,4,7,10-17,19-20H2,1-3H3/t21-,23-,26-,27+,28-,29+,30-,32+,34+,35-/m1/s1. The summed E-state index contributed by atoms with van der Waals surface area (Å²) in [4.78, 5) is 25.2. The van der Waals surface area contributed by atoms with Crippen molar-refractivity contribution in [2.75, 3.05) is 0 Å². The molecule has 1 aromatic carbocycles. The summed E-state index contributed by atoms with van der Waals surface area (Å²) in [5.41, 5.74) is 1.05. The molecule has 4 saturated carbocycles. The fourth-order valence-corrected chi connectivity index (χ4v) is 10.3. The molecule has 0 unspecified atom stereocenters. The average Bonchev–Trinajstić information content (AvgIpc) is 3.60. The van der Waals surface area contributed by atoms with Crippen LogP contribution in [-0.4, -0.2) is 54.3 Å². The number of esters is 1. The van der Waals surface area contributed by atoms with E-state index in [0.29, 0.717) is 53.2 Å². The zero-order chi connectivity index (χ0) is 31.2.